The molecule has 0 saturated heterocycles. The summed E-state index contributed by atoms with van der Waals surface area (Å²) in [5, 5.41) is 0. The largest absolute Gasteiger partial charge is 0.456 e. The lowest BCUT2D eigenvalue weighted by molar-refractivity contribution is 0.0990. The van der Waals surface area contributed by atoms with E-state index in [0.717, 1.165) is 40.5 Å². The van der Waals surface area contributed by atoms with Gasteiger partial charge in [-0.05, 0) is 82.2 Å². The summed E-state index contributed by atoms with van der Waals surface area (Å²) in [7, 11) is 0. The molecule has 0 radical (unpaired) electrons. The van der Waals surface area contributed by atoms with Crippen molar-refractivity contribution in [3.63, 3.8) is 0 Å². The number of pyridine rings is 1. The SMILES string of the molecule is CC1=CC(C)C(N(c2ccc(C)cc2)c2ccc3c(n2)C(C)(C)c2cc(C=C4C(=O)c5cc(F)c(F)cc5C4=O)oc2-3)C=C1. The van der Waals surface area contributed by atoms with E-state index in [1.165, 1.54) is 17.2 Å². The Hall–Kier alpha value is -4.91. The van der Waals surface area contributed by atoms with Gasteiger partial charge in [-0.15, -0.1) is 0 Å². The van der Waals surface area contributed by atoms with Crippen molar-refractivity contribution in [1.82, 2.24) is 4.98 Å². The van der Waals surface area contributed by atoms with Crippen LogP contribution >= 0.6 is 0 Å². The Morgan fingerprint density at radius 2 is 1.57 bits per heavy atom. The molecule has 2 atom stereocenters. The highest BCUT2D eigenvalue weighted by atomic mass is 19.2. The first kappa shape index (κ1) is 27.9. The van der Waals surface area contributed by atoms with Crippen LogP contribution in [0, 0.1) is 24.5 Å². The molecule has 0 bridgehead atoms. The first-order valence-corrected chi connectivity index (χ1v) is 14.6. The number of nitrogens with zero attached hydrogens (tertiary/aromatic N) is 2. The number of fused-ring (bicyclic) bond motifs is 4. The second-order valence-electron chi connectivity index (χ2n) is 12.4. The predicted molar refractivity (Wildman–Crippen MR) is 166 cm³/mol. The van der Waals surface area contributed by atoms with Gasteiger partial charge >= 0.3 is 0 Å². The second-order valence-corrected chi connectivity index (χ2v) is 12.4. The fraction of sp³-hybridized carbons (Fsp3) is 0.216. The van der Waals surface area contributed by atoms with Crippen LogP contribution in [0.4, 0.5) is 20.3 Å². The Kier molecular flexibility index (Phi) is 6.22. The minimum Gasteiger partial charge on any atom is -0.456 e. The smallest absolute Gasteiger partial charge is 0.197 e. The summed E-state index contributed by atoms with van der Waals surface area (Å²) in [5.74, 6) is -1.64. The van der Waals surface area contributed by atoms with Crippen LogP contribution in [0.5, 0.6) is 0 Å². The van der Waals surface area contributed by atoms with Crippen molar-refractivity contribution in [3.8, 4) is 11.3 Å². The molecular formula is C37H30F2N2O3. The highest BCUT2D eigenvalue weighted by Gasteiger charge is 2.42. The quantitative estimate of drug-likeness (QED) is 0.176. The first-order chi connectivity index (χ1) is 20.9. The Balaban J connectivity index is 1.28. The van der Waals surface area contributed by atoms with E-state index in [1.807, 2.05) is 18.2 Å². The van der Waals surface area contributed by atoms with Gasteiger partial charge in [0.25, 0.3) is 0 Å². The van der Waals surface area contributed by atoms with Crippen LogP contribution in [0.25, 0.3) is 17.4 Å². The summed E-state index contributed by atoms with van der Waals surface area (Å²) in [6.07, 6.45) is 8.02. The molecule has 0 fully saturated rings. The van der Waals surface area contributed by atoms with Crippen LogP contribution in [0.1, 0.15) is 71.0 Å². The maximum atomic E-state index is 13.8. The van der Waals surface area contributed by atoms with Crippen LogP contribution in [0.15, 0.2) is 88.4 Å². The van der Waals surface area contributed by atoms with Gasteiger partial charge in [0.1, 0.15) is 17.3 Å². The zero-order chi connectivity index (χ0) is 31.1. The van der Waals surface area contributed by atoms with Gasteiger partial charge in [0, 0.05) is 33.4 Å². The molecule has 0 amide bonds. The lowest BCUT2D eigenvalue weighted by atomic mass is 9.86. The second kappa shape index (κ2) is 9.81. The lowest BCUT2D eigenvalue weighted by Gasteiger charge is -2.36. The highest BCUT2D eigenvalue weighted by Crippen LogP contribution is 2.50. The van der Waals surface area contributed by atoms with Gasteiger partial charge in [0.15, 0.2) is 23.2 Å². The number of rotatable bonds is 4. The number of benzene rings is 2. The molecule has 2 aromatic carbocycles. The summed E-state index contributed by atoms with van der Waals surface area (Å²) in [6.45, 7) is 10.5. The number of anilines is 2. The number of halogens is 2. The number of hydrogen-bond acceptors (Lipinski definition) is 5. The van der Waals surface area contributed by atoms with Crippen LogP contribution in [-0.2, 0) is 5.41 Å². The summed E-state index contributed by atoms with van der Waals surface area (Å²) in [5.41, 5.74) is 5.03. The predicted octanol–water partition coefficient (Wildman–Crippen LogP) is 8.69. The van der Waals surface area contributed by atoms with E-state index in [0.29, 0.717) is 11.5 Å². The minimum absolute atomic E-state index is 0.0678. The fourth-order valence-electron chi connectivity index (χ4n) is 6.58. The number of ketones is 2. The molecule has 3 aliphatic carbocycles. The molecule has 7 rings (SSSR count). The summed E-state index contributed by atoms with van der Waals surface area (Å²) >= 11 is 0. The van der Waals surface area contributed by atoms with Crippen LogP contribution in [0.3, 0.4) is 0 Å². The topological polar surface area (TPSA) is 63.4 Å². The molecule has 5 nitrogen and oxygen atoms in total. The van der Waals surface area contributed by atoms with Crippen LogP contribution in [0.2, 0.25) is 0 Å². The summed E-state index contributed by atoms with van der Waals surface area (Å²) in [6, 6.07) is 15.9. The number of carbonyl (C=O) groups excluding carboxylic acids is 2. The van der Waals surface area contributed by atoms with Gasteiger partial charge in [-0.2, -0.15) is 0 Å². The molecule has 44 heavy (non-hydrogen) atoms. The highest BCUT2D eigenvalue weighted by molar-refractivity contribution is 6.41. The van der Waals surface area contributed by atoms with Gasteiger partial charge in [0.2, 0.25) is 0 Å². The van der Waals surface area contributed by atoms with Crippen molar-refractivity contribution in [2.45, 2.75) is 46.1 Å². The maximum absolute atomic E-state index is 13.8. The molecule has 0 saturated carbocycles. The Bertz CT molecular complexity index is 1950. The third kappa shape index (κ3) is 4.21. The molecule has 2 unspecified atom stereocenters. The van der Waals surface area contributed by atoms with E-state index >= 15 is 0 Å². The van der Waals surface area contributed by atoms with Crippen molar-refractivity contribution in [2.24, 2.45) is 5.92 Å². The first-order valence-electron chi connectivity index (χ1n) is 14.6. The molecular weight excluding hydrogens is 558 g/mol. The average molecular weight is 589 g/mol. The number of Topliss-reactive ketones (excluding diaryl/α,β-unsaturated/α-hetero) is 2. The molecule has 7 heteroatoms. The van der Waals surface area contributed by atoms with Crippen molar-refractivity contribution in [1.29, 1.82) is 0 Å². The monoisotopic (exact) mass is 588 g/mol. The van der Waals surface area contributed by atoms with Gasteiger partial charge in [-0.1, -0.05) is 48.4 Å². The minimum atomic E-state index is -1.17. The maximum Gasteiger partial charge on any atom is 0.197 e. The molecule has 4 aromatic rings. The summed E-state index contributed by atoms with van der Waals surface area (Å²) < 4.78 is 33.8. The molecule has 2 aromatic heterocycles. The Labute approximate surface area is 254 Å². The zero-order valence-electron chi connectivity index (χ0n) is 25.0. The van der Waals surface area contributed by atoms with Crippen LogP contribution < -0.4 is 4.90 Å². The number of furan rings is 1. The average Bonchev–Trinajstić information content (AvgIpc) is 3.57. The van der Waals surface area contributed by atoms with Gasteiger partial charge in [-0.3, -0.25) is 9.59 Å². The molecule has 2 heterocycles. The van der Waals surface area contributed by atoms with Crippen molar-refractivity contribution >= 4 is 29.1 Å². The third-order valence-corrected chi connectivity index (χ3v) is 8.95. The fourth-order valence-corrected chi connectivity index (χ4v) is 6.58. The van der Waals surface area contributed by atoms with E-state index in [-0.39, 0.29) is 28.7 Å². The van der Waals surface area contributed by atoms with Crippen LogP contribution in [-0.4, -0.2) is 22.6 Å². The van der Waals surface area contributed by atoms with Gasteiger partial charge in [-0.25, -0.2) is 13.8 Å². The zero-order valence-corrected chi connectivity index (χ0v) is 25.0. The number of carbonyl (C=O) groups is 2. The van der Waals surface area contributed by atoms with Crippen molar-refractivity contribution < 1.29 is 22.8 Å². The van der Waals surface area contributed by atoms with Crippen molar-refractivity contribution in [2.75, 3.05) is 4.90 Å². The standard InChI is InChI=1S/C37H30F2N2O3/c1-19-6-9-22(10-7-19)41(31-12-8-20(2)14-21(31)3)32-13-11-24-35-28(37(4,5)36(24)40-32)16-23(44-35)15-27-33(42)25-17-29(38)30(39)18-26(25)34(27)43/h6-18,21,31H,1-5H3. The Morgan fingerprint density at radius 3 is 2.20 bits per heavy atom. The van der Waals surface area contributed by atoms with E-state index in [9.17, 15) is 18.4 Å². The van der Waals surface area contributed by atoms with E-state index in [1.54, 1.807) is 0 Å². The molecule has 0 spiro atoms. The third-order valence-electron chi connectivity index (χ3n) is 8.95. The van der Waals surface area contributed by atoms with Gasteiger partial charge < -0.3 is 9.32 Å². The van der Waals surface area contributed by atoms with Crippen molar-refractivity contribution in [3.05, 3.63) is 129 Å². The molecule has 0 N–H and O–H groups in total. The molecule has 220 valence electrons. The number of aromatic nitrogens is 1. The lowest BCUT2D eigenvalue weighted by Crippen LogP contribution is -2.36. The summed E-state index contributed by atoms with van der Waals surface area (Å²) in [4.78, 5) is 33.4. The molecule has 0 aliphatic heterocycles. The van der Waals surface area contributed by atoms with E-state index in [2.05, 4.69) is 82.0 Å². The molecule has 3 aliphatic rings. The normalized spacial score (nSPS) is 19.5. The van der Waals surface area contributed by atoms with Gasteiger partial charge in [0.05, 0.1) is 17.3 Å². The number of hydrogen-bond donors (Lipinski definition) is 0. The van der Waals surface area contributed by atoms with E-state index < -0.39 is 28.6 Å². The Morgan fingerprint density at radius 1 is 0.909 bits per heavy atom. The number of aryl methyl sites for hydroxylation is 1. The number of allylic oxidation sites excluding steroid dienone is 3. The van der Waals surface area contributed by atoms with E-state index in [4.69, 9.17) is 9.40 Å².